The third-order valence-corrected chi connectivity index (χ3v) is 6.85. The molecule has 6 rings (SSSR count). The maximum atomic E-state index is 12.0. The number of benzene rings is 2. The Labute approximate surface area is 213 Å². The summed E-state index contributed by atoms with van der Waals surface area (Å²) in [7, 11) is 1.62. The topological polar surface area (TPSA) is 118 Å². The van der Waals surface area contributed by atoms with Crippen molar-refractivity contribution >= 4 is 39.7 Å². The van der Waals surface area contributed by atoms with Crippen LogP contribution in [0.15, 0.2) is 47.0 Å². The second-order valence-electron chi connectivity index (χ2n) is 9.45. The van der Waals surface area contributed by atoms with Crippen LogP contribution in [-0.4, -0.2) is 39.0 Å². The van der Waals surface area contributed by atoms with Gasteiger partial charge in [-0.15, -0.1) is 0 Å². The molecule has 0 saturated heterocycles. The molecular weight excluding hydrogens is 468 g/mol. The van der Waals surface area contributed by atoms with Gasteiger partial charge < -0.3 is 24.8 Å². The van der Waals surface area contributed by atoms with Gasteiger partial charge in [-0.2, -0.15) is 9.97 Å². The van der Waals surface area contributed by atoms with Crippen molar-refractivity contribution in [2.75, 3.05) is 12.4 Å². The summed E-state index contributed by atoms with van der Waals surface area (Å²) < 4.78 is 12.2. The molecule has 1 aliphatic rings. The molecule has 0 atom stereocenters. The maximum Gasteiger partial charge on any atom is 0.251 e. The molecule has 0 spiro atoms. The van der Waals surface area contributed by atoms with E-state index in [9.17, 15) is 4.79 Å². The van der Waals surface area contributed by atoms with Gasteiger partial charge in [0, 0.05) is 37.0 Å². The van der Waals surface area contributed by atoms with E-state index in [0.717, 1.165) is 64.5 Å². The van der Waals surface area contributed by atoms with E-state index in [1.165, 1.54) is 0 Å². The number of hydrogen-bond donors (Lipinski definition) is 3. The molecule has 0 radical (unpaired) electrons. The summed E-state index contributed by atoms with van der Waals surface area (Å²) in [5, 5.41) is 6.80. The molecule has 9 nitrogen and oxygen atoms in total. The SMILES string of the molecule is CNC(=O)c1ccc(Nc2nc(OC3CCCC3)c3c(-c4ccc5nc(C)oc5c4)c[nH]c3n2)c(C)c1. The molecule has 3 N–H and O–H groups in total. The number of carbonyl (C=O) groups excluding carboxylic acids is 1. The highest BCUT2D eigenvalue weighted by Gasteiger charge is 2.23. The average molecular weight is 497 g/mol. The zero-order chi connectivity index (χ0) is 25.5. The van der Waals surface area contributed by atoms with E-state index in [4.69, 9.17) is 19.1 Å². The number of rotatable bonds is 6. The number of fused-ring (bicyclic) bond motifs is 2. The molecule has 0 bridgehead atoms. The van der Waals surface area contributed by atoms with Crippen LogP contribution in [0.25, 0.3) is 33.3 Å². The summed E-state index contributed by atoms with van der Waals surface area (Å²) in [4.78, 5) is 29.3. The first-order valence-corrected chi connectivity index (χ1v) is 12.5. The summed E-state index contributed by atoms with van der Waals surface area (Å²) in [5.41, 5.74) is 6.46. The van der Waals surface area contributed by atoms with Crippen molar-refractivity contribution in [2.45, 2.75) is 45.6 Å². The summed E-state index contributed by atoms with van der Waals surface area (Å²) in [5.74, 6) is 1.47. The largest absolute Gasteiger partial charge is 0.474 e. The number of oxazole rings is 1. The van der Waals surface area contributed by atoms with Crippen molar-refractivity contribution in [2.24, 2.45) is 0 Å². The van der Waals surface area contributed by atoms with E-state index in [1.807, 2.05) is 50.4 Å². The molecule has 1 aliphatic carbocycles. The summed E-state index contributed by atoms with van der Waals surface area (Å²) in [6.07, 6.45) is 6.39. The maximum absolute atomic E-state index is 12.0. The zero-order valence-electron chi connectivity index (χ0n) is 21.0. The minimum absolute atomic E-state index is 0.127. The lowest BCUT2D eigenvalue weighted by Crippen LogP contribution is -2.17. The number of H-pyrrole nitrogens is 1. The second-order valence-corrected chi connectivity index (χ2v) is 9.45. The molecule has 37 heavy (non-hydrogen) atoms. The third kappa shape index (κ3) is 4.37. The Morgan fingerprint density at radius 3 is 2.70 bits per heavy atom. The monoisotopic (exact) mass is 496 g/mol. The van der Waals surface area contributed by atoms with E-state index >= 15 is 0 Å². The molecule has 3 heterocycles. The van der Waals surface area contributed by atoms with Gasteiger partial charge >= 0.3 is 0 Å². The van der Waals surface area contributed by atoms with E-state index in [2.05, 4.69) is 20.6 Å². The van der Waals surface area contributed by atoms with Crippen LogP contribution in [0.4, 0.5) is 11.6 Å². The third-order valence-electron chi connectivity index (χ3n) is 6.85. The van der Waals surface area contributed by atoms with Gasteiger partial charge in [0.1, 0.15) is 17.3 Å². The van der Waals surface area contributed by atoms with Crippen molar-refractivity contribution in [3.63, 3.8) is 0 Å². The van der Waals surface area contributed by atoms with Gasteiger partial charge in [0.15, 0.2) is 11.5 Å². The van der Waals surface area contributed by atoms with Gasteiger partial charge in [-0.3, -0.25) is 4.79 Å². The van der Waals surface area contributed by atoms with Crippen molar-refractivity contribution in [3.8, 4) is 17.0 Å². The summed E-state index contributed by atoms with van der Waals surface area (Å²) in [6.45, 7) is 3.78. The molecular formula is C28H28N6O3. The predicted octanol–water partition coefficient (Wildman–Crippen LogP) is 5.81. The highest BCUT2D eigenvalue weighted by molar-refractivity contribution is 5.99. The highest BCUT2D eigenvalue weighted by atomic mass is 16.5. The number of nitrogens with one attached hydrogen (secondary N) is 3. The Hall–Kier alpha value is -4.40. The Balaban J connectivity index is 1.41. The minimum atomic E-state index is -0.128. The molecule has 0 aliphatic heterocycles. The van der Waals surface area contributed by atoms with E-state index in [0.29, 0.717) is 28.9 Å². The molecule has 1 fully saturated rings. The fourth-order valence-electron chi connectivity index (χ4n) is 4.95. The molecule has 0 unspecified atom stereocenters. The lowest BCUT2D eigenvalue weighted by atomic mass is 10.1. The summed E-state index contributed by atoms with van der Waals surface area (Å²) in [6, 6.07) is 11.4. The van der Waals surface area contributed by atoms with Crippen LogP contribution in [0.1, 0.15) is 47.5 Å². The number of carbonyl (C=O) groups is 1. The summed E-state index contributed by atoms with van der Waals surface area (Å²) >= 11 is 0. The smallest absolute Gasteiger partial charge is 0.251 e. The lowest BCUT2D eigenvalue weighted by molar-refractivity contribution is 0.0963. The number of aromatic nitrogens is 4. The fraction of sp³-hybridized carbons (Fsp3) is 0.286. The lowest BCUT2D eigenvalue weighted by Gasteiger charge is -2.16. The fourth-order valence-corrected chi connectivity index (χ4v) is 4.95. The zero-order valence-corrected chi connectivity index (χ0v) is 21.0. The van der Waals surface area contributed by atoms with Crippen LogP contribution in [0.3, 0.4) is 0 Å². The first kappa shape index (κ1) is 23.0. The predicted molar refractivity (Wildman–Crippen MR) is 142 cm³/mol. The molecule has 1 saturated carbocycles. The van der Waals surface area contributed by atoms with Gasteiger partial charge in [-0.05, 0) is 74.1 Å². The van der Waals surface area contributed by atoms with Crippen molar-refractivity contribution < 1.29 is 13.9 Å². The number of ether oxygens (including phenoxy) is 1. The standard InChI is InChI=1S/C28H28N6O3/c1-15-12-18(26(35)29-3)9-10-21(15)32-28-33-25-24(27(34-28)37-19-6-4-5-7-19)20(14-30-25)17-8-11-22-23(13-17)36-16(2)31-22/h8-14,19H,4-7H2,1-3H3,(H,29,35)(H2,30,32,33,34). The molecule has 5 aromatic rings. The van der Waals surface area contributed by atoms with Crippen LogP contribution >= 0.6 is 0 Å². The Kier molecular flexibility index (Phi) is 5.75. The van der Waals surface area contributed by atoms with Crippen LogP contribution in [-0.2, 0) is 0 Å². The van der Waals surface area contributed by atoms with Crippen LogP contribution in [0, 0.1) is 13.8 Å². The number of amides is 1. The van der Waals surface area contributed by atoms with Gasteiger partial charge in [0.2, 0.25) is 11.8 Å². The molecule has 2 aromatic carbocycles. The van der Waals surface area contributed by atoms with Crippen LogP contribution in [0.5, 0.6) is 5.88 Å². The Morgan fingerprint density at radius 2 is 1.92 bits per heavy atom. The molecule has 9 heteroatoms. The van der Waals surface area contributed by atoms with Gasteiger partial charge in [0.05, 0.1) is 5.39 Å². The highest BCUT2D eigenvalue weighted by Crippen LogP contribution is 2.37. The number of nitrogens with zero attached hydrogens (tertiary/aromatic N) is 3. The first-order chi connectivity index (χ1) is 18.0. The minimum Gasteiger partial charge on any atom is -0.474 e. The number of anilines is 2. The molecule has 1 amide bonds. The van der Waals surface area contributed by atoms with E-state index in [-0.39, 0.29) is 12.0 Å². The first-order valence-electron chi connectivity index (χ1n) is 12.5. The average Bonchev–Trinajstić information content (AvgIpc) is 3.63. The number of aryl methyl sites for hydroxylation is 2. The van der Waals surface area contributed by atoms with Crippen molar-refractivity contribution in [1.29, 1.82) is 0 Å². The van der Waals surface area contributed by atoms with Crippen LogP contribution in [0.2, 0.25) is 0 Å². The van der Waals surface area contributed by atoms with Gasteiger partial charge in [-0.25, -0.2) is 4.98 Å². The Bertz CT molecular complexity index is 1630. The van der Waals surface area contributed by atoms with Gasteiger partial charge in [0.25, 0.3) is 5.91 Å². The molecule has 3 aromatic heterocycles. The quantitative estimate of drug-likeness (QED) is 0.272. The van der Waals surface area contributed by atoms with Crippen LogP contribution < -0.4 is 15.4 Å². The van der Waals surface area contributed by atoms with Gasteiger partial charge in [-0.1, -0.05) is 6.07 Å². The Morgan fingerprint density at radius 1 is 1.08 bits per heavy atom. The second kappa shape index (κ2) is 9.24. The normalized spacial score (nSPS) is 13.9. The van der Waals surface area contributed by atoms with E-state index < -0.39 is 0 Å². The number of aromatic amines is 1. The van der Waals surface area contributed by atoms with E-state index in [1.54, 1.807) is 13.1 Å². The number of hydrogen-bond acceptors (Lipinski definition) is 7. The van der Waals surface area contributed by atoms with Crippen molar-refractivity contribution in [3.05, 3.63) is 59.6 Å². The van der Waals surface area contributed by atoms with Crippen molar-refractivity contribution in [1.82, 2.24) is 25.3 Å². The molecule has 188 valence electrons.